The van der Waals surface area contributed by atoms with Crippen LogP contribution in [0.5, 0.6) is 0 Å². The van der Waals surface area contributed by atoms with Crippen LogP contribution in [0, 0.1) is 0 Å². The predicted octanol–water partition coefficient (Wildman–Crippen LogP) is 2.82. The Morgan fingerprint density at radius 2 is 1.63 bits per heavy atom. The fourth-order valence-corrected chi connectivity index (χ4v) is 3.70. The van der Waals surface area contributed by atoms with Crippen LogP contribution in [0.15, 0.2) is 54.6 Å². The molecule has 0 aliphatic carbocycles. The Hall–Kier alpha value is -2.70. The Morgan fingerprint density at radius 1 is 0.967 bits per heavy atom. The summed E-state index contributed by atoms with van der Waals surface area (Å²) in [7, 11) is 0. The minimum Gasteiger partial charge on any atom is -0.355 e. The first-order valence-electron chi connectivity index (χ1n) is 10.8. The SMILES string of the molecule is CCCNC(=O)CN1CCN(C(C)C(=O)Nc2ccccc2-c2ccccc2)CC1. The lowest BCUT2D eigenvalue weighted by Crippen LogP contribution is -2.54. The molecule has 3 rings (SSSR count). The average Bonchev–Trinajstić information content (AvgIpc) is 2.78. The second-order valence-electron chi connectivity index (χ2n) is 7.74. The number of nitrogens with one attached hydrogen (secondary N) is 2. The van der Waals surface area contributed by atoms with E-state index in [0.717, 1.165) is 56.0 Å². The molecule has 2 amide bonds. The molecular formula is C24H32N4O2. The highest BCUT2D eigenvalue weighted by molar-refractivity contribution is 5.98. The minimum atomic E-state index is -0.232. The molecular weight excluding hydrogens is 376 g/mol. The zero-order valence-corrected chi connectivity index (χ0v) is 17.9. The van der Waals surface area contributed by atoms with Gasteiger partial charge in [-0.3, -0.25) is 19.4 Å². The molecule has 1 heterocycles. The van der Waals surface area contributed by atoms with Gasteiger partial charge in [-0.05, 0) is 25.0 Å². The third kappa shape index (κ3) is 5.90. The Bertz CT molecular complexity index is 832. The molecule has 1 unspecified atom stereocenters. The standard InChI is InChI=1S/C24H32N4O2/c1-3-13-25-23(29)18-27-14-16-28(17-15-27)19(2)24(30)26-22-12-8-7-11-21(22)20-9-5-4-6-10-20/h4-12,19H,3,13-18H2,1-2H3,(H,25,29)(H,26,30). The fourth-order valence-electron chi connectivity index (χ4n) is 3.70. The van der Waals surface area contributed by atoms with Crippen molar-refractivity contribution in [1.29, 1.82) is 0 Å². The lowest BCUT2D eigenvalue weighted by atomic mass is 10.0. The maximum absolute atomic E-state index is 12.9. The summed E-state index contributed by atoms with van der Waals surface area (Å²) in [5.74, 6) is 0.0705. The van der Waals surface area contributed by atoms with E-state index in [2.05, 4.69) is 20.4 Å². The van der Waals surface area contributed by atoms with Gasteiger partial charge in [0.2, 0.25) is 11.8 Å². The van der Waals surface area contributed by atoms with Crippen molar-refractivity contribution in [2.75, 3.05) is 44.6 Å². The predicted molar refractivity (Wildman–Crippen MR) is 121 cm³/mol. The second-order valence-corrected chi connectivity index (χ2v) is 7.74. The maximum atomic E-state index is 12.9. The number of hydrogen-bond acceptors (Lipinski definition) is 4. The van der Waals surface area contributed by atoms with Crippen LogP contribution >= 0.6 is 0 Å². The minimum absolute atomic E-state index is 0.00693. The molecule has 1 fully saturated rings. The van der Waals surface area contributed by atoms with Crippen molar-refractivity contribution in [1.82, 2.24) is 15.1 Å². The summed E-state index contributed by atoms with van der Waals surface area (Å²) >= 11 is 0. The molecule has 1 aliphatic rings. The van der Waals surface area contributed by atoms with E-state index in [1.807, 2.05) is 68.4 Å². The second kappa shape index (κ2) is 10.9. The third-order valence-electron chi connectivity index (χ3n) is 5.54. The summed E-state index contributed by atoms with van der Waals surface area (Å²) in [6.07, 6.45) is 0.944. The van der Waals surface area contributed by atoms with Crippen LogP contribution in [-0.2, 0) is 9.59 Å². The largest absolute Gasteiger partial charge is 0.355 e. The summed E-state index contributed by atoms with van der Waals surface area (Å²) in [5, 5.41) is 6.03. The van der Waals surface area contributed by atoms with E-state index >= 15 is 0 Å². The zero-order valence-electron chi connectivity index (χ0n) is 17.9. The highest BCUT2D eigenvalue weighted by atomic mass is 16.2. The Balaban J connectivity index is 1.55. The van der Waals surface area contributed by atoms with Gasteiger partial charge in [-0.25, -0.2) is 0 Å². The lowest BCUT2D eigenvalue weighted by Gasteiger charge is -2.37. The molecule has 2 aromatic rings. The molecule has 1 aliphatic heterocycles. The van der Waals surface area contributed by atoms with Crippen LogP contribution in [0.1, 0.15) is 20.3 Å². The maximum Gasteiger partial charge on any atom is 0.241 e. The first-order chi connectivity index (χ1) is 14.6. The van der Waals surface area contributed by atoms with E-state index in [4.69, 9.17) is 0 Å². The number of piperazine rings is 1. The number of amides is 2. The highest BCUT2D eigenvalue weighted by Gasteiger charge is 2.26. The van der Waals surface area contributed by atoms with E-state index in [1.165, 1.54) is 0 Å². The molecule has 160 valence electrons. The Morgan fingerprint density at radius 3 is 2.33 bits per heavy atom. The number of carbonyl (C=O) groups is 2. The first-order valence-corrected chi connectivity index (χ1v) is 10.8. The number of para-hydroxylation sites is 1. The molecule has 1 atom stereocenters. The Labute approximate surface area is 179 Å². The number of benzene rings is 2. The topological polar surface area (TPSA) is 64.7 Å². The quantitative estimate of drug-likeness (QED) is 0.705. The molecule has 1 saturated heterocycles. The molecule has 0 saturated carbocycles. The van der Waals surface area contributed by atoms with Crippen LogP contribution < -0.4 is 10.6 Å². The number of hydrogen-bond donors (Lipinski definition) is 2. The van der Waals surface area contributed by atoms with Crippen LogP contribution in [0.2, 0.25) is 0 Å². The van der Waals surface area contributed by atoms with Crippen LogP contribution in [0.3, 0.4) is 0 Å². The van der Waals surface area contributed by atoms with Crippen molar-refractivity contribution in [2.45, 2.75) is 26.3 Å². The van der Waals surface area contributed by atoms with Crippen LogP contribution in [0.4, 0.5) is 5.69 Å². The van der Waals surface area contributed by atoms with Crippen LogP contribution in [0.25, 0.3) is 11.1 Å². The Kier molecular flexibility index (Phi) is 7.99. The first kappa shape index (κ1) is 22.0. The third-order valence-corrected chi connectivity index (χ3v) is 5.54. The van der Waals surface area contributed by atoms with E-state index in [9.17, 15) is 9.59 Å². The van der Waals surface area contributed by atoms with Crippen molar-refractivity contribution in [3.8, 4) is 11.1 Å². The van der Waals surface area contributed by atoms with Gasteiger partial charge in [0.05, 0.1) is 12.6 Å². The summed E-state index contributed by atoms with van der Waals surface area (Å²) < 4.78 is 0. The number of anilines is 1. The van der Waals surface area contributed by atoms with Gasteiger partial charge in [-0.1, -0.05) is 55.5 Å². The molecule has 0 radical (unpaired) electrons. The molecule has 2 aromatic carbocycles. The van der Waals surface area contributed by atoms with Gasteiger partial charge in [-0.2, -0.15) is 0 Å². The van der Waals surface area contributed by atoms with E-state index in [0.29, 0.717) is 6.54 Å². The number of carbonyl (C=O) groups excluding carboxylic acids is 2. The van der Waals surface area contributed by atoms with Crippen molar-refractivity contribution in [2.24, 2.45) is 0 Å². The molecule has 30 heavy (non-hydrogen) atoms. The summed E-state index contributed by atoms with van der Waals surface area (Å²) in [6, 6.07) is 17.7. The van der Waals surface area contributed by atoms with Gasteiger partial charge >= 0.3 is 0 Å². The van der Waals surface area contributed by atoms with Gasteiger partial charge in [-0.15, -0.1) is 0 Å². The van der Waals surface area contributed by atoms with E-state index < -0.39 is 0 Å². The van der Waals surface area contributed by atoms with Gasteiger partial charge in [0.1, 0.15) is 0 Å². The number of nitrogens with zero attached hydrogens (tertiary/aromatic N) is 2. The van der Waals surface area contributed by atoms with Crippen molar-refractivity contribution in [3.05, 3.63) is 54.6 Å². The van der Waals surface area contributed by atoms with Gasteiger partial charge in [0.25, 0.3) is 0 Å². The van der Waals surface area contributed by atoms with Gasteiger partial charge < -0.3 is 10.6 Å². The molecule has 2 N–H and O–H groups in total. The van der Waals surface area contributed by atoms with E-state index in [-0.39, 0.29) is 17.9 Å². The molecule has 0 aromatic heterocycles. The molecule has 6 nitrogen and oxygen atoms in total. The van der Waals surface area contributed by atoms with E-state index in [1.54, 1.807) is 0 Å². The molecule has 0 bridgehead atoms. The van der Waals surface area contributed by atoms with Crippen molar-refractivity contribution < 1.29 is 9.59 Å². The average molecular weight is 409 g/mol. The van der Waals surface area contributed by atoms with Gasteiger partial charge in [0.15, 0.2) is 0 Å². The summed E-state index contributed by atoms with van der Waals surface area (Å²) in [6.45, 7) is 8.27. The molecule has 6 heteroatoms. The zero-order chi connectivity index (χ0) is 21.3. The van der Waals surface area contributed by atoms with Crippen molar-refractivity contribution in [3.63, 3.8) is 0 Å². The van der Waals surface area contributed by atoms with Crippen molar-refractivity contribution >= 4 is 17.5 Å². The molecule has 0 spiro atoms. The number of rotatable bonds is 8. The lowest BCUT2D eigenvalue weighted by molar-refractivity contribution is -0.124. The van der Waals surface area contributed by atoms with Crippen LogP contribution in [-0.4, -0.2) is 66.9 Å². The van der Waals surface area contributed by atoms with Gasteiger partial charge in [0, 0.05) is 44.0 Å². The smallest absolute Gasteiger partial charge is 0.241 e. The highest BCUT2D eigenvalue weighted by Crippen LogP contribution is 2.27. The summed E-state index contributed by atoms with van der Waals surface area (Å²) in [5.41, 5.74) is 2.92. The normalized spacial score (nSPS) is 16.1. The fraction of sp³-hybridized carbons (Fsp3) is 0.417. The summed E-state index contributed by atoms with van der Waals surface area (Å²) in [4.78, 5) is 29.2. The monoisotopic (exact) mass is 408 g/mol.